The predicted molar refractivity (Wildman–Crippen MR) is 114 cm³/mol. The number of sulfonamides is 1. The fraction of sp³-hybridized carbons (Fsp3) is 0.409. The summed E-state index contributed by atoms with van der Waals surface area (Å²) in [5.74, 6) is 0.859. The lowest BCUT2D eigenvalue weighted by Crippen LogP contribution is -2.30. The van der Waals surface area contributed by atoms with E-state index in [1.54, 1.807) is 42.5 Å². The molecule has 0 aromatic heterocycles. The summed E-state index contributed by atoms with van der Waals surface area (Å²) >= 11 is 0. The van der Waals surface area contributed by atoms with E-state index in [1.165, 1.54) is 4.31 Å². The Hall–Kier alpha value is -2.38. The highest BCUT2D eigenvalue weighted by molar-refractivity contribution is 7.89. The first-order valence-electron chi connectivity index (χ1n) is 9.88. The van der Waals surface area contributed by atoms with Gasteiger partial charge in [-0.25, -0.2) is 8.42 Å². The summed E-state index contributed by atoms with van der Waals surface area (Å²) in [6.45, 7) is 9.51. The van der Waals surface area contributed by atoms with Crippen molar-refractivity contribution in [2.75, 3.05) is 19.7 Å². The van der Waals surface area contributed by atoms with Crippen LogP contribution >= 0.6 is 0 Å². The summed E-state index contributed by atoms with van der Waals surface area (Å²) < 4.78 is 32.1. The third kappa shape index (κ3) is 6.30. The normalized spacial score (nSPS) is 11.7. The number of amides is 1. The highest BCUT2D eigenvalue weighted by Crippen LogP contribution is 2.17. The van der Waals surface area contributed by atoms with E-state index in [0.29, 0.717) is 43.5 Å². The van der Waals surface area contributed by atoms with Crippen LogP contribution in [0, 0.1) is 5.92 Å². The van der Waals surface area contributed by atoms with Gasteiger partial charge in [-0.05, 0) is 41.8 Å². The quantitative estimate of drug-likeness (QED) is 0.639. The molecule has 158 valence electrons. The Morgan fingerprint density at radius 2 is 1.72 bits per heavy atom. The van der Waals surface area contributed by atoms with Gasteiger partial charge in [0.25, 0.3) is 5.91 Å². The van der Waals surface area contributed by atoms with Crippen molar-refractivity contribution in [2.45, 2.75) is 39.1 Å². The first kappa shape index (κ1) is 22.9. The van der Waals surface area contributed by atoms with Crippen LogP contribution in [0.4, 0.5) is 0 Å². The molecule has 0 aliphatic rings. The summed E-state index contributed by atoms with van der Waals surface area (Å²) in [6, 6.07) is 13.7. The Bertz CT molecular complexity index is 905. The molecule has 0 aliphatic carbocycles. The fourth-order valence-corrected chi connectivity index (χ4v) is 4.22. The molecule has 2 rings (SSSR count). The Labute approximate surface area is 173 Å². The van der Waals surface area contributed by atoms with Crippen molar-refractivity contribution < 1.29 is 17.9 Å². The zero-order valence-electron chi connectivity index (χ0n) is 17.5. The molecule has 0 heterocycles. The average Bonchev–Trinajstić information content (AvgIpc) is 2.71. The lowest BCUT2D eigenvalue weighted by molar-refractivity contribution is 0.0950. The summed E-state index contributed by atoms with van der Waals surface area (Å²) in [6.07, 6.45) is 0. The fourth-order valence-electron chi connectivity index (χ4n) is 2.77. The van der Waals surface area contributed by atoms with Gasteiger partial charge in [0.15, 0.2) is 0 Å². The molecule has 0 unspecified atom stereocenters. The molecule has 1 N–H and O–H groups in total. The van der Waals surface area contributed by atoms with Crippen LogP contribution in [0.15, 0.2) is 53.4 Å². The first-order chi connectivity index (χ1) is 13.8. The van der Waals surface area contributed by atoms with Crippen LogP contribution in [0.2, 0.25) is 0 Å². The van der Waals surface area contributed by atoms with E-state index in [4.69, 9.17) is 4.74 Å². The minimum atomic E-state index is -3.48. The van der Waals surface area contributed by atoms with Gasteiger partial charge in [-0.15, -0.1) is 0 Å². The summed E-state index contributed by atoms with van der Waals surface area (Å²) in [5, 5.41) is 2.86. The van der Waals surface area contributed by atoms with Gasteiger partial charge >= 0.3 is 0 Å². The van der Waals surface area contributed by atoms with Crippen LogP contribution in [0.5, 0.6) is 5.75 Å². The first-order valence-corrected chi connectivity index (χ1v) is 11.3. The molecule has 0 aliphatic heterocycles. The maximum atomic E-state index is 12.5. The minimum absolute atomic E-state index is 0.208. The number of nitrogens with zero attached hydrogens (tertiary/aromatic N) is 1. The lowest BCUT2D eigenvalue weighted by atomic mass is 10.2. The third-order valence-corrected chi connectivity index (χ3v) is 6.46. The number of hydrogen-bond donors (Lipinski definition) is 1. The molecule has 0 radical (unpaired) electrons. The van der Waals surface area contributed by atoms with E-state index in [9.17, 15) is 13.2 Å². The van der Waals surface area contributed by atoms with E-state index in [1.807, 2.05) is 19.9 Å². The second-order valence-electron chi connectivity index (χ2n) is 7.15. The highest BCUT2D eigenvalue weighted by Gasteiger charge is 2.21. The number of carbonyl (C=O) groups is 1. The molecule has 2 aromatic carbocycles. The zero-order valence-corrected chi connectivity index (χ0v) is 18.3. The van der Waals surface area contributed by atoms with E-state index >= 15 is 0 Å². The number of hydrogen-bond acceptors (Lipinski definition) is 4. The van der Waals surface area contributed by atoms with Crippen molar-refractivity contribution in [3.8, 4) is 5.75 Å². The molecule has 6 nitrogen and oxygen atoms in total. The zero-order chi connectivity index (χ0) is 21.4. The van der Waals surface area contributed by atoms with Crippen molar-refractivity contribution in [3.05, 3.63) is 59.7 Å². The largest absolute Gasteiger partial charge is 0.493 e. The molecule has 1 amide bonds. The monoisotopic (exact) mass is 418 g/mol. The maximum absolute atomic E-state index is 12.5. The van der Waals surface area contributed by atoms with Crippen molar-refractivity contribution >= 4 is 15.9 Å². The molecule has 0 saturated carbocycles. The molecule has 2 aromatic rings. The molecule has 7 heteroatoms. The molecule has 29 heavy (non-hydrogen) atoms. The second kappa shape index (κ2) is 10.4. The highest BCUT2D eigenvalue weighted by atomic mass is 32.2. The van der Waals surface area contributed by atoms with Crippen LogP contribution in [0.3, 0.4) is 0 Å². The Morgan fingerprint density at radius 3 is 2.31 bits per heavy atom. The van der Waals surface area contributed by atoms with Crippen molar-refractivity contribution in [1.29, 1.82) is 0 Å². The van der Waals surface area contributed by atoms with Gasteiger partial charge in [0.2, 0.25) is 10.0 Å². The van der Waals surface area contributed by atoms with E-state index < -0.39 is 10.0 Å². The van der Waals surface area contributed by atoms with Gasteiger partial charge in [-0.1, -0.05) is 45.9 Å². The van der Waals surface area contributed by atoms with Crippen LogP contribution < -0.4 is 10.1 Å². The van der Waals surface area contributed by atoms with Gasteiger partial charge in [0.1, 0.15) is 5.75 Å². The summed E-state index contributed by atoms with van der Waals surface area (Å²) in [7, 11) is -3.48. The molecule has 0 bridgehead atoms. The van der Waals surface area contributed by atoms with Crippen LogP contribution in [0.1, 0.15) is 43.6 Å². The van der Waals surface area contributed by atoms with Gasteiger partial charge in [-0.2, -0.15) is 4.31 Å². The van der Waals surface area contributed by atoms with E-state index in [2.05, 4.69) is 19.2 Å². The maximum Gasteiger partial charge on any atom is 0.251 e. The van der Waals surface area contributed by atoms with Crippen LogP contribution in [-0.4, -0.2) is 38.3 Å². The lowest BCUT2D eigenvalue weighted by Gasteiger charge is -2.18. The number of carbonyl (C=O) groups excluding carboxylic acids is 1. The van der Waals surface area contributed by atoms with Gasteiger partial charge < -0.3 is 10.1 Å². The predicted octanol–water partition coefficient (Wildman–Crippen LogP) is 3.68. The summed E-state index contributed by atoms with van der Waals surface area (Å²) in [5.41, 5.74) is 1.34. The third-order valence-electron chi connectivity index (χ3n) is 4.40. The Balaban J connectivity index is 2.00. The standard InChI is InChI=1S/C22H30N2O4S/c1-5-24(6-2)29(26,27)21-12-10-18(11-13-21)15-23-22(25)19-8-7-9-20(14-19)28-16-17(3)4/h7-14,17H,5-6,15-16H2,1-4H3,(H,23,25). The van der Waals surface area contributed by atoms with E-state index in [-0.39, 0.29) is 10.8 Å². The second-order valence-corrected chi connectivity index (χ2v) is 9.09. The van der Waals surface area contributed by atoms with Crippen LogP contribution in [-0.2, 0) is 16.6 Å². The number of rotatable bonds is 10. The minimum Gasteiger partial charge on any atom is -0.493 e. The molecule has 0 saturated heterocycles. The SMILES string of the molecule is CCN(CC)S(=O)(=O)c1ccc(CNC(=O)c2cccc(OCC(C)C)c2)cc1. The molecule has 0 spiro atoms. The van der Waals surface area contributed by atoms with Gasteiger partial charge in [0.05, 0.1) is 11.5 Å². The Kier molecular flexibility index (Phi) is 8.22. The average molecular weight is 419 g/mol. The van der Waals surface area contributed by atoms with Gasteiger partial charge in [-0.3, -0.25) is 4.79 Å². The van der Waals surface area contributed by atoms with Crippen molar-refractivity contribution in [1.82, 2.24) is 9.62 Å². The number of ether oxygens (including phenoxy) is 1. The van der Waals surface area contributed by atoms with Crippen molar-refractivity contribution in [3.63, 3.8) is 0 Å². The van der Waals surface area contributed by atoms with Crippen LogP contribution in [0.25, 0.3) is 0 Å². The topological polar surface area (TPSA) is 75.7 Å². The van der Waals surface area contributed by atoms with E-state index in [0.717, 1.165) is 5.56 Å². The van der Waals surface area contributed by atoms with Gasteiger partial charge in [0, 0.05) is 25.2 Å². The number of benzene rings is 2. The molecular weight excluding hydrogens is 388 g/mol. The molecular formula is C22H30N2O4S. The smallest absolute Gasteiger partial charge is 0.251 e. The summed E-state index contributed by atoms with van der Waals surface area (Å²) in [4.78, 5) is 12.7. The Morgan fingerprint density at radius 1 is 1.07 bits per heavy atom. The van der Waals surface area contributed by atoms with Crippen molar-refractivity contribution in [2.24, 2.45) is 5.92 Å². The number of nitrogens with one attached hydrogen (secondary N) is 1. The molecule has 0 atom stereocenters. The molecule has 0 fully saturated rings.